The summed E-state index contributed by atoms with van der Waals surface area (Å²) in [5, 5.41) is 11.8. The lowest BCUT2D eigenvalue weighted by atomic mass is 10.0. The first-order valence-corrected chi connectivity index (χ1v) is 14.0. The van der Waals surface area contributed by atoms with E-state index in [0.717, 1.165) is 43.6 Å². The lowest BCUT2D eigenvalue weighted by Crippen LogP contribution is -2.54. The van der Waals surface area contributed by atoms with E-state index in [1.54, 1.807) is 31.6 Å². The van der Waals surface area contributed by atoms with Crippen LogP contribution in [-0.4, -0.2) is 70.6 Å². The van der Waals surface area contributed by atoms with Gasteiger partial charge in [0.25, 0.3) is 5.91 Å². The van der Waals surface area contributed by atoms with Crippen LogP contribution in [0.25, 0.3) is 21.8 Å². The van der Waals surface area contributed by atoms with Gasteiger partial charge in [-0.3, -0.25) is 9.48 Å². The molecule has 41 heavy (non-hydrogen) atoms. The minimum atomic E-state index is -0.507. The number of fused-ring (bicyclic) bond motifs is 2. The summed E-state index contributed by atoms with van der Waals surface area (Å²) in [6.45, 7) is 9.44. The van der Waals surface area contributed by atoms with Crippen molar-refractivity contribution in [3.05, 3.63) is 60.7 Å². The summed E-state index contributed by atoms with van der Waals surface area (Å²) < 4.78 is 27.8. The molecular weight excluding hydrogens is 525 g/mol. The SMILES string of the molecule is C=C[C@H]1CN(c2ccc(C(=O)Nc3cc(F)c4nn(C)cc4c3)c3nc(OC[C@@H]4CCCOC4)ncc23)C[C@@H](C)N1. The van der Waals surface area contributed by atoms with Crippen LogP contribution < -0.4 is 20.3 Å². The number of aryl methyl sites for hydroxylation is 1. The van der Waals surface area contributed by atoms with E-state index >= 15 is 0 Å². The fourth-order valence-electron chi connectivity index (χ4n) is 5.68. The normalized spacial score (nSPS) is 21.2. The van der Waals surface area contributed by atoms with Gasteiger partial charge in [-0.1, -0.05) is 6.08 Å². The molecule has 2 saturated heterocycles. The van der Waals surface area contributed by atoms with Gasteiger partial charge in [-0.15, -0.1) is 6.58 Å². The fourth-order valence-corrected chi connectivity index (χ4v) is 5.68. The molecule has 11 heteroatoms. The van der Waals surface area contributed by atoms with Gasteiger partial charge in [-0.05, 0) is 44.0 Å². The quantitative estimate of drug-likeness (QED) is 0.327. The second-order valence-corrected chi connectivity index (χ2v) is 10.9. The van der Waals surface area contributed by atoms with Crippen LogP contribution in [0, 0.1) is 11.7 Å². The number of benzene rings is 2. The van der Waals surface area contributed by atoms with Gasteiger partial charge in [-0.2, -0.15) is 10.1 Å². The van der Waals surface area contributed by atoms with Crippen LogP contribution in [0.3, 0.4) is 0 Å². The summed E-state index contributed by atoms with van der Waals surface area (Å²) in [6, 6.07) is 7.22. The van der Waals surface area contributed by atoms with Gasteiger partial charge in [0.1, 0.15) is 5.52 Å². The number of halogens is 1. The van der Waals surface area contributed by atoms with Crippen molar-refractivity contribution in [1.82, 2.24) is 25.1 Å². The van der Waals surface area contributed by atoms with Gasteiger partial charge >= 0.3 is 6.01 Å². The van der Waals surface area contributed by atoms with Crippen LogP contribution in [-0.2, 0) is 11.8 Å². The molecule has 0 radical (unpaired) electrons. The number of anilines is 2. The van der Waals surface area contributed by atoms with Crippen LogP contribution >= 0.6 is 0 Å². The minimum absolute atomic E-state index is 0.121. The van der Waals surface area contributed by atoms with Crippen LogP contribution in [0.2, 0.25) is 0 Å². The van der Waals surface area contributed by atoms with E-state index in [-0.39, 0.29) is 29.5 Å². The predicted octanol–water partition coefficient (Wildman–Crippen LogP) is 4.07. The summed E-state index contributed by atoms with van der Waals surface area (Å²) in [5.74, 6) is -0.646. The predicted molar refractivity (Wildman–Crippen MR) is 156 cm³/mol. The molecule has 2 aliphatic rings. The Morgan fingerprint density at radius 1 is 1.32 bits per heavy atom. The van der Waals surface area contributed by atoms with Crippen molar-refractivity contribution in [3.8, 4) is 6.01 Å². The van der Waals surface area contributed by atoms with E-state index in [9.17, 15) is 9.18 Å². The van der Waals surface area contributed by atoms with E-state index < -0.39 is 11.7 Å². The summed E-state index contributed by atoms with van der Waals surface area (Å²) >= 11 is 0. The van der Waals surface area contributed by atoms with Crippen molar-refractivity contribution in [1.29, 1.82) is 0 Å². The molecule has 0 saturated carbocycles. The lowest BCUT2D eigenvalue weighted by molar-refractivity contribution is 0.0336. The Bertz CT molecular complexity index is 1600. The molecule has 214 valence electrons. The molecule has 3 atom stereocenters. The third kappa shape index (κ3) is 5.73. The first-order chi connectivity index (χ1) is 19.9. The monoisotopic (exact) mass is 559 g/mol. The molecule has 2 N–H and O–H groups in total. The Balaban J connectivity index is 1.35. The molecule has 2 aliphatic heterocycles. The molecular formula is C30H34FN7O3. The second-order valence-electron chi connectivity index (χ2n) is 10.9. The molecule has 0 bridgehead atoms. The number of nitrogens with zero attached hydrogens (tertiary/aromatic N) is 5. The Kier molecular flexibility index (Phi) is 7.55. The van der Waals surface area contributed by atoms with Crippen LogP contribution in [0.5, 0.6) is 6.01 Å². The highest BCUT2D eigenvalue weighted by Crippen LogP contribution is 2.32. The highest BCUT2D eigenvalue weighted by molar-refractivity contribution is 6.14. The Morgan fingerprint density at radius 2 is 2.20 bits per heavy atom. The topological polar surface area (TPSA) is 106 Å². The molecule has 4 heterocycles. The van der Waals surface area contributed by atoms with Gasteiger partial charge in [-0.25, -0.2) is 9.37 Å². The van der Waals surface area contributed by atoms with Crippen LogP contribution in [0.15, 0.2) is 49.3 Å². The molecule has 2 fully saturated rings. The summed E-state index contributed by atoms with van der Waals surface area (Å²) in [7, 11) is 1.72. The standard InChI is InChI=1S/C30H34FN7O3/c1-4-21-15-38(13-18(2)33-21)26-8-7-23(29(39)34-22-10-20-14-37(3)36-27(20)25(31)11-22)28-24(26)12-32-30(35-28)41-17-19-6-5-9-40-16-19/h4,7-8,10-12,14,18-19,21,33H,1,5-6,9,13,15-17H2,2-3H3,(H,34,39)/t18-,19-,21+/m1/s1. The molecule has 0 aliphatic carbocycles. The van der Waals surface area contributed by atoms with Crippen molar-refractivity contribution in [2.75, 3.05) is 43.1 Å². The zero-order valence-corrected chi connectivity index (χ0v) is 23.3. The zero-order chi connectivity index (χ0) is 28.5. The number of piperazine rings is 1. The van der Waals surface area contributed by atoms with Crippen molar-refractivity contribution >= 4 is 39.1 Å². The Morgan fingerprint density at radius 3 is 3.00 bits per heavy atom. The van der Waals surface area contributed by atoms with Gasteiger partial charge in [0.15, 0.2) is 5.82 Å². The number of ether oxygens (including phenoxy) is 2. The minimum Gasteiger partial charge on any atom is -0.463 e. The average Bonchev–Trinajstić information content (AvgIpc) is 3.36. The maximum atomic E-state index is 14.7. The van der Waals surface area contributed by atoms with Crippen molar-refractivity contribution < 1.29 is 18.7 Å². The van der Waals surface area contributed by atoms with Crippen molar-refractivity contribution in [2.24, 2.45) is 13.0 Å². The smallest absolute Gasteiger partial charge is 0.316 e. The van der Waals surface area contributed by atoms with E-state index in [2.05, 4.69) is 39.1 Å². The number of rotatable bonds is 7. The summed E-state index contributed by atoms with van der Waals surface area (Å²) in [5.41, 5.74) is 2.31. The fraction of sp³-hybridized carbons (Fsp3) is 0.400. The van der Waals surface area contributed by atoms with Crippen molar-refractivity contribution in [3.63, 3.8) is 0 Å². The number of hydrogen-bond donors (Lipinski definition) is 2. The third-order valence-electron chi connectivity index (χ3n) is 7.62. The highest BCUT2D eigenvalue weighted by atomic mass is 19.1. The maximum absolute atomic E-state index is 14.7. The molecule has 2 aromatic heterocycles. The number of aromatic nitrogens is 4. The molecule has 10 nitrogen and oxygen atoms in total. The first kappa shape index (κ1) is 27.1. The van der Waals surface area contributed by atoms with E-state index in [1.165, 1.54) is 10.7 Å². The summed E-state index contributed by atoms with van der Waals surface area (Å²) in [6.07, 6.45) is 7.35. The number of nitrogens with one attached hydrogen (secondary N) is 2. The molecule has 2 aromatic carbocycles. The van der Waals surface area contributed by atoms with Gasteiger partial charge in [0, 0.05) is 79.3 Å². The molecule has 0 unspecified atom stereocenters. The first-order valence-electron chi connectivity index (χ1n) is 14.0. The van der Waals surface area contributed by atoms with E-state index in [4.69, 9.17) is 14.5 Å². The molecule has 1 amide bonds. The zero-order valence-electron chi connectivity index (χ0n) is 23.3. The maximum Gasteiger partial charge on any atom is 0.316 e. The van der Waals surface area contributed by atoms with Crippen LogP contribution in [0.1, 0.15) is 30.1 Å². The summed E-state index contributed by atoms with van der Waals surface area (Å²) in [4.78, 5) is 25.1. The highest BCUT2D eigenvalue weighted by Gasteiger charge is 2.26. The van der Waals surface area contributed by atoms with E-state index in [1.807, 2.05) is 12.1 Å². The van der Waals surface area contributed by atoms with Gasteiger partial charge in [0.2, 0.25) is 0 Å². The molecule has 0 spiro atoms. The Hall–Kier alpha value is -4.09. The molecule has 6 rings (SSSR count). The van der Waals surface area contributed by atoms with E-state index in [0.29, 0.717) is 35.4 Å². The average molecular weight is 560 g/mol. The second kappa shape index (κ2) is 11.4. The van der Waals surface area contributed by atoms with Gasteiger partial charge in [0.05, 0.1) is 24.3 Å². The number of hydrogen-bond acceptors (Lipinski definition) is 8. The number of carbonyl (C=O) groups excluding carboxylic acids is 1. The van der Waals surface area contributed by atoms with Crippen molar-refractivity contribution in [2.45, 2.75) is 31.8 Å². The molecule has 4 aromatic rings. The third-order valence-corrected chi connectivity index (χ3v) is 7.62. The number of amides is 1. The number of carbonyl (C=O) groups is 1. The Labute approximate surface area is 237 Å². The van der Waals surface area contributed by atoms with Crippen LogP contribution in [0.4, 0.5) is 15.8 Å². The van der Waals surface area contributed by atoms with Gasteiger partial charge < -0.3 is 25.0 Å². The largest absolute Gasteiger partial charge is 0.463 e. The lowest BCUT2D eigenvalue weighted by Gasteiger charge is -2.38.